The third-order valence-corrected chi connectivity index (χ3v) is 3.86. The van der Waals surface area contributed by atoms with Gasteiger partial charge in [0, 0.05) is 17.6 Å². The molecule has 88 valence electrons. The van der Waals surface area contributed by atoms with E-state index in [0.717, 1.165) is 12.5 Å². The van der Waals surface area contributed by atoms with Gasteiger partial charge in [0.05, 0.1) is 5.69 Å². The molecule has 1 aromatic rings. The van der Waals surface area contributed by atoms with Gasteiger partial charge in [0.1, 0.15) is 0 Å². The quantitative estimate of drug-likeness (QED) is 0.917. The van der Waals surface area contributed by atoms with E-state index in [1.165, 1.54) is 35.2 Å². The number of benzene rings is 1. The van der Waals surface area contributed by atoms with Gasteiger partial charge in [-0.05, 0) is 66.5 Å². The molecule has 1 aliphatic rings. The predicted octanol–water partition coefficient (Wildman–Crippen LogP) is 2.80. The summed E-state index contributed by atoms with van der Waals surface area (Å²) in [4.78, 5) is 2.48. The molecule has 2 nitrogen and oxygen atoms in total. The van der Waals surface area contributed by atoms with Crippen LogP contribution in [0.1, 0.15) is 12.0 Å². The van der Waals surface area contributed by atoms with Crippen LogP contribution in [0.25, 0.3) is 0 Å². The number of hydrogen-bond donors (Lipinski definition) is 1. The molecule has 1 saturated heterocycles. The molecule has 1 atom stereocenters. The fourth-order valence-corrected chi connectivity index (χ4v) is 3.12. The summed E-state index contributed by atoms with van der Waals surface area (Å²) in [5.41, 5.74) is 2.64. The molecular formula is C13H19BrN2. The van der Waals surface area contributed by atoms with Crippen LogP contribution < -0.4 is 10.2 Å². The summed E-state index contributed by atoms with van der Waals surface area (Å²) in [6, 6.07) is 6.60. The van der Waals surface area contributed by atoms with Crippen LogP contribution in [0, 0.1) is 12.8 Å². The molecular weight excluding hydrogens is 264 g/mol. The Balaban J connectivity index is 2.08. The van der Waals surface area contributed by atoms with Gasteiger partial charge in [0.2, 0.25) is 0 Å². The number of nitrogens with one attached hydrogen (secondary N) is 1. The standard InChI is InChI=1S/C13H19BrN2/c1-10-3-4-13(12(14)7-10)16-6-5-11(9-16)8-15-2/h3-4,7,11,15H,5-6,8-9H2,1-2H3. The first kappa shape index (κ1) is 11.9. The molecule has 2 rings (SSSR count). The monoisotopic (exact) mass is 282 g/mol. The lowest BCUT2D eigenvalue weighted by Crippen LogP contribution is -2.24. The second kappa shape index (κ2) is 5.19. The Morgan fingerprint density at radius 2 is 2.31 bits per heavy atom. The third-order valence-electron chi connectivity index (χ3n) is 3.22. The summed E-state index contributed by atoms with van der Waals surface area (Å²) in [7, 11) is 2.03. The number of hydrogen-bond acceptors (Lipinski definition) is 2. The van der Waals surface area contributed by atoms with Crippen molar-refractivity contribution in [2.75, 3.05) is 31.6 Å². The number of rotatable bonds is 3. The van der Waals surface area contributed by atoms with Crippen LogP contribution in [0.2, 0.25) is 0 Å². The smallest absolute Gasteiger partial charge is 0.0510 e. The van der Waals surface area contributed by atoms with Crippen molar-refractivity contribution in [3.63, 3.8) is 0 Å². The lowest BCUT2D eigenvalue weighted by atomic mass is 10.1. The maximum absolute atomic E-state index is 3.66. The summed E-state index contributed by atoms with van der Waals surface area (Å²) in [6.07, 6.45) is 1.29. The minimum absolute atomic E-state index is 0.790. The average molecular weight is 283 g/mol. The van der Waals surface area contributed by atoms with Crippen LogP contribution >= 0.6 is 15.9 Å². The van der Waals surface area contributed by atoms with Crippen molar-refractivity contribution in [2.45, 2.75) is 13.3 Å². The molecule has 1 fully saturated rings. The van der Waals surface area contributed by atoms with Gasteiger partial charge in [0.15, 0.2) is 0 Å². The van der Waals surface area contributed by atoms with Crippen molar-refractivity contribution in [1.29, 1.82) is 0 Å². The predicted molar refractivity (Wildman–Crippen MR) is 73.1 cm³/mol. The third kappa shape index (κ3) is 2.58. The fraction of sp³-hybridized carbons (Fsp3) is 0.538. The van der Waals surface area contributed by atoms with E-state index in [4.69, 9.17) is 0 Å². The first-order valence-electron chi connectivity index (χ1n) is 5.86. The molecule has 3 heteroatoms. The molecule has 1 aromatic carbocycles. The molecule has 0 radical (unpaired) electrons. The molecule has 0 saturated carbocycles. The van der Waals surface area contributed by atoms with E-state index in [1.54, 1.807) is 0 Å². The molecule has 1 heterocycles. The van der Waals surface area contributed by atoms with Crippen LogP contribution in [0.3, 0.4) is 0 Å². The summed E-state index contributed by atoms with van der Waals surface area (Å²) in [5.74, 6) is 0.790. The van der Waals surface area contributed by atoms with Gasteiger partial charge in [-0.25, -0.2) is 0 Å². The van der Waals surface area contributed by atoms with Crippen LogP contribution in [0.15, 0.2) is 22.7 Å². The fourth-order valence-electron chi connectivity index (χ4n) is 2.38. The van der Waals surface area contributed by atoms with E-state index < -0.39 is 0 Å². The number of anilines is 1. The Bertz CT molecular complexity index is 365. The normalized spacial score (nSPS) is 20.4. The second-order valence-electron chi connectivity index (χ2n) is 4.61. The van der Waals surface area contributed by atoms with Gasteiger partial charge in [0.25, 0.3) is 0 Å². The van der Waals surface area contributed by atoms with E-state index >= 15 is 0 Å². The Morgan fingerprint density at radius 3 is 3.00 bits per heavy atom. The van der Waals surface area contributed by atoms with Crippen molar-refractivity contribution < 1.29 is 0 Å². The van der Waals surface area contributed by atoms with Crippen molar-refractivity contribution in [2.24, 2.45) is 5.92 Å². The Labute approximate surface area is 106 Å². The van der Waals surface area contributed by atoms with Gasteiger partial charge in [-0.15, -0.1) is 0 Å². The zero-order valence-corrected chi connectivity index (χ0v) is 11.5. The molecule has 0 amide bonds. The van der Waals surface area contributed by atoms with Crippen LogP contribution in [0.4, 0.5) is 5.69 Å². The van der Waals surface area contributed by atoms with Crippen molar-refractivity contribution in [3.8, 4) is 0 Å². The van der Waals surface area contributed by atoms with Crippen LogP contribution in [-0.4, -0.2) is 26.7 Å². The second-order valence-corrected chi connectivity index (χ2v) is 5.47. The zero-order chi connectivity index (χ0) is 11.5. The SMILES string of the molecule is CNCC1CCN(c2ccc(C)cc2Br)C1. The highest BCUT2D eigenvalue weighted by molar-refractivity contribution is 9.10. The molecule has 0 aliphatic carbocycles. The highest BCUT2D eigenvalue weighted by atomic mass is 79.9. The van der Waals surface area contributed by atoms with E-state index in [0.29, 0.717) is 0 Å². The number of nitrogens with zero attached hydrogens (tertiary/aromatic N) is 1. The molecule has 16 heavy (non-hydrogen) atoms. The Morgan fingerprint density at radius 1 is 1.50 bits per heavy atom. The Hall–Kier alpha value is -0.540. The Kier molecular flexibility index (Phi) is 3.87. The number of halogens is 1. The summed E-state index contributed by atoms with van der Waals surface area (Å²) in [5, 5.41) is 3.27. The van der Waals surface area contributed by atoms with Crippen molar-refractivity contribution >= 4 is 21.6 Å². The summed E-state index contributed by atoms with van der Waals surface area (Å²) in [6.45, 7) is 5.60. The molecule has 0 aromatic heterocycles. The van der Waals surface area contributed by atoms with E-state index in [9.17, 15) is 0 Å². The molecule has 1 N–H and O–H groups in total. The first-order valence-corrected chi connectivity index (χ1v) is 6.65. The molecule has 0 spiro atoms. The molecule has 1 aliphatic heterocycles. The minimum Gasteiger partial charge on any atom is -0.370 e. The van der Waals surface area contributed by atoms with Gasteiger partial charge in [-0.2, -0.15) is 0 Å². The topological polar surface area (TPSA) is 15.3 Å². The maximum atomic E-state index is 3.66. The van der Waals surface area contributed by atoms with Crippen LogP contribution in [-0.2, 0) is 0 Å². The first-order chi connectivity index (χ1) is 7.70. The van der Waals surface area contributed by atoms with Gasteiger partial charge in [-0.3, -0.25) is 0 Å². The lowest BCUT2D eigenvalue weighted by molar-refractivity contribution is 0.549. The van der Waals surface area contributed by atoms with Gasteiger partial charge in [-0.1, -0.05) is 6.07 Å². The largest absolute Gasteiger partial charge is 0.370 e. The van der Waals surface area contributed by atoms with Gasteiger partial charge >= 0.3 is 0 Å². The highest BCUT2D eigenvalue weighted by Gasteiger charge is 2.23. The zero-order valence-electron chi connectivity index (χ0n) is 9.96. The maximum Gasteiger partial charge on any atom is 0.0510 e. The van der Waals surface area contributed by atoms with Gasteiger partial charge < -0.3 is 10.2 Å². The van der Waals surface area contributed by atoms with E-state index in [2.05, 4.69) is 51.3 Å². The van der Waals surface area contributed by atoms with E-state index in [1.807, 2.05) is 7.05 Å². The van der Waals surface area contributed by atoms with Crippen molar-refractivity contribution in [3.05, 3.63) is 28.2 Å². The van der Waals surface area contributed by atoms with Crippen molar-refractivity contribution in [1.82, 2.24) is 5.32 Å². The molecule has 1 unspecified atom stereocenters. The summed E-state index contributed by atoms with van der Waals surface area (Å²) >= 11 is 3.66. The summed E-state index contributed by atoms with van der Waals surface area (Å²) < 4.78 is 1.22. The molecule has 0 bridgehead atoms. The minimum atomic E-state index is 0.790. The lowest BCUT2D eigenvalue weighted by Gasteiger charge is -2.20. The van der Waals surface area contributed by atoms with Crippen LogP contribution in [0.5, 0.6) is 0 Å². The highest BCUT2D eigenvalue weighted by Crippen LogP contribution is 2.31. The average Bonchev–Trinajstić information content (AvgIpc) is 2.67. The van der Waals surface area contributed by atoms with E-state index in [-0.39, 0.29) is 0 Å². The number of aryl methyl sites for hydroxylation is 1.